The van der Waals surface area contributed by atoms with Crippen LogP contribution >= 0.6 is 0 Å². The van der Waals surface area contributed by atoms with Gasteiger partial charge in [0.2, 0.25) is 0 Å². The summed E-state index contributed by atoms with van der Waals surface area (Å²) in [5, 5.41) is 3.17. The number of ether oxygens (including phenoxy) is 1. The number of likely N-dealkylation sites (N-methyl/N-ethyl adjacent to an activating group) is 1. The largest absolute Gasteiger partial charge is 0.492 e. The van der Waals surface area contributed by atoms with E-state index in [-0.39, 0.29) is 0 Å². The molecule has 4 heteroatoms. The molecule has 0 saturated carbocycles. The maximum absolute atomic E-state index is 5.63. The molecule has 0 unspecified atom stereocenters. The molecule has 0 saturated heterocycles. The highest BCUT2D eigenvalue weighted by Gasteiger charge is 2.04. The van der Waals surface area contributed by atoms with Gasteiger partial charge in [0.15, 0.2) is 5.96 Å². The molecule has 0 aliphatic rings. The fraction of sp³-hybridized carbons (Fsp3) is 0.357. The van der Waals surface area contributed by atoms with Gasteiger partial charge in [0, 0.05) is 20.6 Å². The van der Waals surface area contributed by atoms with Crippen LogP contribution in [-0.2, 0) is 0 Å². The Bertz CT molecular complexity index is 376. The molecule has 1 aromatic carbocycles. The Labute approximate surface area is 109 Å². The van der Waals surface area contributed by atoms with E-state index >= 15 is 0 Å². The fourth-order valence-corrected chi connectivity index (χ4v) is 1.47. The van der Waals surface area contributed by atoms with Crippen LogP contribution in [0, 0.1) is 0 Å². The van der Waals surface area contributed by atoms with E-state index in [9.17, 15) is 0 Å². The molecule has 4 nitrogen and oxygen atoms in total. The molecule has 0 fully saturated rings. The average molecular weight is 247 g/mol. The van der Waals surface area contributed by atoms with Gasteiger partial charge in [-0.15, -0.1) is 6.58 Å². The van der Waals surface area contributed by atoms with Gasteiger partial charge in [-0.25, -0.2) is 0 Å². The van der Waals surface area contributed by atoms with Crippen molar-refractivity contribution in [2.45, 2.75) is 0 Å². The lowest BCUT2D eigenvalue weighted by Gasteiger charge is -2.21. The molecule has 0 aliphatic heterocycles. The third-order valence-electron chi connectivity index (χ3n) is 2.42. The molecule has 0 aromatic heterocycles. The second kappa shape index (κ2) is 8.17. The first-order chi connectivity index (χ1) is 8.77. The second-order valence-electron chi connectivity index (χ2n) is 3.80. The summed E-state index contributed by atoms with van der Waals surface area (Å²) in [7, 11) is 3.74. The predicted molar refractivity (Wildman–Crippen MR) is 76.1 cm³/mol. The molecule has 0 amide bonds. The molecule has 1 rings (SSSR count). The normalized spacial score (nSPS) is 10.9. The molecule has 18 heavy (non-hydrogen) atoms. The molecule has 0 heterocycles. The molecular formula is C14H21N3O. The molecule has 0 radical (unpaired) electrons. The third-order valence-corrected chi connectivity index (χ3v) is 2.42. The minimum absolute atomic E-state index is 0.620. The number of guanidine groups is 1. The highest BCUT2D eigenvalue weighted by Crippen LogP contribution is 2.07. The minimum atomic E-state index is 0.620. The van der Waals surface area contributed by atoms with Crippen LogP contribution < -0.4 is 10.1 Å². The summed E-state index contributed by atoms with van der Waals surface area (Å²) < 4.78 is 5.63. The van der Waals surface area contributed by atoms with Crippen molar-refractivity contribution in [1.29, 1.82) is 0 Å². The SMILES string of the molecule is C=CCNC(=NC)N(C)CCOc1ccccc1. The van der Waals surface area contributed by atoms with Crippen LogP contribution in [0.2, 0.25) is 0 Å². The highest BCUT2D eigenvalue weighted by molar-refractivity contribution is 5.79. The topological polar surface area (TPSA) is 36.9 Å². The lowest BCUT2D eigenvalue weighted by molar-refractivity contribution is 0.281. The van der Waals surface area contributed by atoms with E-state index in [0.29, 0.717) is 13.2 Å². The van der Waals surface area contributed by atoms with Gasteiger partial charge in [-0.1, -0.05) is 24.3 Å². The zero-order chi connectivity index (χ0) is 13.2. The van der Waals surface area contributed by atoms with Crippen molar-refractivity contribution in [3.63, 3.8) is 0 Å². The molecule has 0 aliphatic carbocycles. The summed E-state index contributed by atoms with van der Waals surface area (Å²) >= 11 is 0. The zero-order valence-corrected chi connectivity index (χ0v) is 11.1. The second-order valence-corrected chi connectivity index (χ2v) is 3.80. The van der Waals surface area contributed by atoms with E-state index in [2.05, 4.69) is 16.9 Å². The third kappa shape index (κ3) is 4.91. The summed E-state index contributed by atoms with van der Waals surface area (Å²) in [6, 6.07) is 9.79. The predicted octanol–water partition coefficient (Wildman–Crippen LogP) is 1.76. The maximum Gasteiger partial charge on any atom is 0.193 e. The first kappa shape index (κ1) is 14.1. The Hall–Kier alpha value is -1.97. The van der Waals surface area contributed by atoms with Crippen molar-refractivity contribution in [3.05, 3.63) is 43.0 Å². The molecule has 1 aromatic rings. The average Bonchev–Trinajstić information content (AvgIpc) is 2.41. The van der Waals surface area contributed by atoms with Gasteiger partial charge in [0.05, 0.1) is 6.54 Å². The van der Waals surface area contributed by atoms with Crippen molar-refractivity contribution < 1.29 is 4.74 Å². The monoisotopic (exact) mass is 247 g/mol. The van der Waals surface area contributed by atoms with Gasteiger partial charge in [0.1, 0.15) is 12.4 Å². The van der Waals surface area contributed by atoms with Gasteiger partial charge in [-0.05, 0) is 12.1 Å². The van der Waals surface area contributed by atoms with Crippen molar-refractivity contribution in [3.8, 4) is 5.75 Å². The van der Waals surface area contributed by atoms with E-state index in [0.717, 1.165) is 18.3 Å². The fourth-order valence-electron chi connectivity index (χ4n) is 1.47. The number of nitrogens with zero attached hydrogens (tertiary/aromatic N) is 2. The van der Waals surface area contributed by atoms with Crippen LogP contribution in [0.3, 0.4) is 0 Å². The quantitative estimate of drug-likeness (QED) is 0.473. The lowest BCUT2D eigenvalue weighted by atomic mass is 10.3. The van der Waals surface area contributed by atoms with Crippen LogP contribution in [0.4, 0.5) is 0 Å². The molecule has 0 atom stereocenters. The Kier molecular flexibility index (Phi) is 6.40. The first-order valence-electron chi connectivity index (χ1n) is 5.98. The van der Waals surface area contributed by atoms with Crippen molar-refractivity contribution >= 4 is 5.96 Å². The summed E-state index contributed by atoms with van der Waals surface area (Å²) in [4.78, 5) is 6.20. The Morgan fingerprint density at radius 2 is 2.17 bits per heavy atom. The minimum Gasteiger partial charge on any atom is -0.492 e. The Balaban J connectivity index is 2.31. The standard InChI is InChI=1S/C14H21N3O/c1-4-10-16-14(15-2)17(3)11-12-18-13-8-6-5-7-9-13/h4-9H,1,10-12H2,2-3H3,(H,15,16). The number of para-hydroxylation sites is 1. The molecule has 0 spiro atoms. The maximum atomic E-state index is 5.63. The van der Waals surface area contributed by atoms with Gasteiger partial charge in [-0.3, -0.25) is 4.99 Å². The summed E-state index contributed by atoms with van der Waals surface area (Å²) in [6.45, 7) is 5.76. The van der Waals surface area contributed by atoms with Gasteiger partial charge in [-0.2, -0.15) is 0 Å². The number of nitrogens with one attached hydrogen (secondary N) is 1. The van der Waals surface area contributed by atoms with Crippen LogP contribution in [-0.4, -0.2) is 44.7 Å². The van der Waals surface area contributed by atoms with Crippen molar-refractivity contribution in [2.75, 3.05) is 33.8 Å². The van der Waals surface area contributed by atoms with E-state index in [1.54, 1.807) is 13.1 Å². The van der Waals surface area contributed by atoms with E-state index in [4.69, 9.17) is 4.74 Å². The molecule has 98 valence electrons. The van der Waals surface area contributed by atoms with Crippen molar-refractivity contribution in [1.82, 2.24) is 10.2 Å². The number of aliphatic imine (C=N–C) groups is 1. The van der Waals surface area contributed by atoms with Crippen LogP contribution in [0.25, 0.3) is 0 Å². The smallest absolute Gasteiger partial charge is 0.193 e. The summed E-state index contributed by atoms with van der Waals surface area (Å²) in [6.07, 6.45) is 1.81. The Morgan fingerprint density at radius 1 is 1.44 bits per heavy atom. The van der Waals surface area contributed by atoms with Crippen molar-refractivity contribution in [2.24, 2.45) is 4.99 Å². The summed E-state index contributed by atoms with van der Waals surface area (Å²) in [5.74, 6) is 1.73. The van der Waals surface area contributed by atoms with Crippen LogP contribution in [0.5, 0.6) is 5.75 Å². The van der Waals surface area contributed by atoms with Crippen LogP contribution in [0.15, 0.2) is 48.0 Å². The first-order valence-corrected chi connectivity index (χ1v) is 5.98. The number of hydrogen-bond acceptors (Lipinski definition) is 2. The van der Waals surface area contributed by atoms with Gasteiger partial charge >= 0.3 is 0 Å². The van der Waals surface area contributed by atoms with Crippen LogP contribution in [0.1, 0.15) is 0 Å². The number of benzene rings is 1. The highest BCUT2D eigenvalue weighted by atomic mass is 16.5. The van der Waals surface area contributed by atoms with E-state index in [1.165, 1.54) is 0 Å². The molecule has 0 bridgehead atoms. The van der Waals surface area contributed by atoms with Gasteiger partial charge in [0.25, 0.3) is 0 Å². The number of hydrogen-bond donors (Lipinski definition) is 1. The van der Waals surface area contributed by atoms with E-state index < -0.39 is 0 Å². The Morgan fingerprint density at radius 3 is 2.78 bits per heavy atom. The molecule has 1 N–H and O–H groups in total. The molecular weight excluding hydrogens is 226 g/mol. The van der Waals surface area contributed by atoms with E-state index in [1.807, 2.05) is 42.3 Å². The van der Waals surface area contributed by atoms with Gasteiger partial charge < -0.3 is 15.0 Å². The lowest BCUT2D eigenvalue weighted by Crippen LogP contribution is -2.40. The summed E-state index contributed by atoms with van der Waals surface area (Å²) in [5.41, 5.74) is 0. The number of rotatable bonds is 6. The zero-order valence-electron chi connectivity index (χ0n) is 11.1.